The van der Waals surface area contributed by atoms with Crippen molar-refractivity contribution >= 4 is 11.7 Å². The second-order valence-corrected chi connectivity index (χ2v) is 5.80. The molecule has 0 aliphatic carbocycles. The number of aromatic nitrogens is 3. The molecule has 1 aromatic carbocycles. The molecule has 1 fully saturated rings. The maximum Gasteiger partial charge on any atom is 0.278 e. The lowest BCUT2D eigenvalue weighted by Crippen LogP contribution is -2.37. The molecule has 0 radical (unpaired) electrons. The fourth-order valence-electron chi connectivity index (χ4n) is 2.89. The molecular weight excluding hydrogens is 316 g/mol. The van der Waals surface area contributed by atoms with E-state index >= 15 is 0 Å². The lowest BCUT2D eigenvalue weighted by Gasteiger charge is -2.27. The second-order valence-electron chi connectivity index (χ2n) is 5.80. The summed E-state index contributed by atoms with van der Waals surface area (Å²) >= 11 is 0. The predicted molar refractivity (Wildman–Crippen MR) is 94.7 cm³/mol. The van der Waals surface area contributed by atoms with Gasteiger partial charge in [0, 0.05) is 31.0 Å². The molecule has 0 spiro atoms. The summed E-state index contributed by atoms with van der Waals surface area (Å²) in [4.78, 5) is 19.3. The third kappa shape index (κ3) is 3.16. The fraction of sp³-hybridized carbons (Fsp3) is 0.211. The van der Waals surface area contributed by atoms with Crippen molar-refractivity contribution in [3.05, 3.63) is 66.5 Å². The number of rotatable bonds is 3. The van der Waals surface area contributed by atoms with Crippen LogP contribution in [0.2, 0.25) is 0 Å². The van der Waals surface area contributed by atoms with Gasteiger partial charge < -0.3 is 9.64 Å². The molecule has 4 rings (SSSR count). The Bertz CT molecular complexity index is 856. The molecule has 1 aliphatic heterocycles. The third-order valence-corrected chi connectivity index (χ3v) is 4.18. The number of ether oxygens (including phenoxy) is 1. The molecule has 6 heteroatoms. The summed E-state index contributed by atoms with van der Waals surface area (Å²) in [5.41, 5.74) is 2.26. The SMILES string of the molecule is O=C(c1ccccc1)n1cc(-c2ccccn2)c(N2CCOCC2)n1. The first-order valence-corrected chi connectivity index (χ1v) is 8.26. The Labute approximate surface area is 145 Å². The van der Waals surface area contributed by atoms with Gasteiger partial charge in [0.2, 0.25) is 0 Å². The normalized spacial score (nSPS) is 14.5. The van der Waals surface area contributed by atoms with E-state index in [1.807, 2.05) is 36.4 Å². The third-order valence-electron chi connectivity index (χ3n) is 4.18. The Morgan fingerprint density at radius 2 is 1.76 bits per heavy atom. The van der Waals surface area contributed by atoms with Gasteiger partial charge in [-0.1, -0.05) is 24.3 Å². The molecule has 2 aromatic heterocycles. The summed E-state index contributed by atoms with van der Waals surface area (Å²) in [5.74, 6) is 0.614. The van der Waals surface area contributed by atoms with Gasteiger partial charge in [0.1, 0.15) is 0 Å². The molecule has 0 amide bonds. The second kappa shape index (κ2) is 6.86. The zero-order valence-electron chi connectivity index (χ0n) is 13.7. The molecule has 0 unspecified atom stereocenters. The van der Waals surface area contributed by atoms with Gasteiger partial charge in [0.25, 0.3) is 5.91 Å². The molecule has 1 aliphatic rings. The van der Waals surface area contributed by atoms with Gasteiger partial charge in [-0.2, -0.15) is 0 Å². The van der Waals surface area contributed by atoms with E-state index in [0.29, 0.717) is 18.8 Å². The van der Waals surface area contributed by atoms with Gasteiger partial charge in [0.15, 0.2) is 5.82 Å². The average molecular weight is 334 g/mol. The molecule has 3 heterocycles. The van der Waals surface area contributed by atoms with Gasteiger partial charge in [0.05, 0.1) is 24.5 Å². The highest BCUT2D eigenvalue weighted by atomic mass is 16.5. The molecule has 0 atom stereocenters. The molecule has 6 nitrogen and oxygen atoms in total. The number of hydrogen-bond donors (Lipinski definition) is 0. The van der Waals surface area contributed by atoms with Crippen molar-refractivity contribution in [1.82, 2.24) is 14.8 Å². The van der Waals surface area contributed by atoms with Gasteiger partial charge in [-0.05, 0) is 24.3 Å². The van der Waals surface area contributed by atoms with Crippen molar-refractivity contribution in [3.63, 3.8) is 0 Å². The lowest BCUT2D eigenvalue weighted by atomic mass is 10.2. The number of carbonyl (C=O) groups excluding carboxylic acids is 1. The smallest absolute Gasteiger partial charge is 0.278 e. The van der Waals surface area contributed by atoms with Crippen molar-refractivity contribution in [2.45, 2.75) is 0 Å². The Balaban J connectivity index is 1.76. The Hall–Kier alpha value is -2.99. The molecule has 0 bridgehead atoms. The monoisotopic (exact) mass is 334 g/mol. The Morgan fingerprint density at radius 3 is 2.48 bits per heavy atom. The van der Waals surface area contributed by atoms with E-state index in [1.165, 1.54) is 4.68 Å². The first-order valence-electron chi connectivity index (χ1n) is 8.26. The first kappa shape index (κ1) is 15.5. The summed E-state index contributed by atoms with van der Waals surface area (Å²) in [5, 5.41) is 4.58. The van der Waals surface area contributed by atoms with Crippen LogP contribution < -0.4 is 4.90 Å². The Morgan fingerprint density at radius 1 is 1.00 bits per heavy atom. The van der Waals surface area contributed by atoms with E-state index in [4.69, 9.17) is 4.74 Å². The van der Waals surface area contributed by atoms with Crippen LogP contribution in [0.15, 0.2) is 60.9 Å². The summed E-state index contributed by atoms with van der Waals surface area (Å²) in [6.45, 7) is 2.80. The number of nitrogens with zero attached hydrogens (tertiary/aromatic N) is 4. The predicted octanol–water partition coefficient (Wildman–Crippen LogP) is 2.47. The highest BCUT2D eigenvalue weighted by Gasteiger charge is 2.22. The van der Waals surface area contributed by atoms with Crippen LogP contribution in [0.25, 0.3) is 11.3 Å². The van der Waals surface area contributed by atoms with Crippen LogP contribution in [-0.2, 0) is 4.74 Å². The quantitative estimate of drug-likeness (QED) is 0.736. The summed E-state index contributed by atoms with van der Waals surface area (Å²) < 4.78 is 6.84. The van der Waals surface area contributed by atoms with Gasteiger partial charge in [-0.3, -0.25) is 9.78 Å². The molecule has 25 heavy (non-hydrogen) atoms. The van der Waals surface area contributed by atoms with Crippen LogP contribution in [0, 0.1) is 0 Å². The van der Waals surface area contributed by atoms with E-state index in [2.05, 4.69) is 15.0 Å². The number of hydrogen-bond acceptors (Lipinski definition) is 5. The highest BCUT2D eigenvalue weighted by molar-refractivity contribution is 5.96. The Kier molecular flexibility index (Phi) is 4.26. The molecule has 126 valence electrons. The molecule has 1 saturated heterocycles. The number of carbonyl (C=O) groups is 1. The van der Waals surface area contributed by atoms with Crippen molar-refractivity contribution in [2.24, 2.45) is 0 Å². The minimum atomic E-state index is -0.155. The molecule has 0 N–H and O–H groups in total. The summed E-state index contributed by atoms with van der Waals surface area (Å²) in [6.07, 6.45) is 3.51. The first-order chi connectivity index (χ1) is 12.3. The minimum absolute atomic E-state index is 0.155. The van der Waals surface area contributed by atoms with Crippen molar-refractivity contribution in [2.75, 3.05) is 31.2 Å². The van der Waals surface area contributed by atoms with Gasteiger partial charge in [-0.15, -0.1) is 5.10 Å². The van der Waals surface area contributed by atoms with Crippen molar-refractivity contribution in [1.29, 1.82) is 0 Å². The van der Waals surface area contributed by atoms with E-state index in [-0.39, 0.29) is 5.91 Å². The average Bonchev–Trinajstić information content (AvgIpc) is 3.15. The van der Waals surface area contributed by atoms with Crippen LogP contribution in [-0.4, -0.2) is 47.0 Å². The van der Waals surface area contributed by atoms with Crippen LogP contribution in [0.3, 0.4) is 0 Å². The highest BCUT2D eigenvalue weighted by Crippen LogP contribution is 2.29. The number of benzene rings is 1. The molecular formula is C19H18N4O2. The van der Waals surface area contributed by atoms with Crippen molar-refractivity contribution in [3.8, 4) is 11.3 Å². The maximum atomic E-state index is 12.8. The molecule has 0 saturated carbocycles. The standard InChI is InChI=1S/C19H18N4O2/c24-19(15-6-2-1-3-7-15)23-14-16(17-8-4-5-9-20-17)18(21-23)22-10-12-25-13-11-22/h1-9,14H,10-13H2. The van der Waals surface area contributed by atoms with E-state index in [9.17, 15) is 4.79 Å². The van der Waals surface area contributed by atoms with Crippen LogP contribution in [0.1, 0.15) is 10.4 Å². The van der Waals surface area contributed by atoms with Crippen LogP contribution >= 0.6 is 0 Å². The number of anilines is 1. The minimum Gasteiger partial charge on any atom is -0.378 e. The van der Waals surface area contributed by atoms with Gasteiger partial charge >= 0.3 is 0 Å². The van der Waals surface area contributed by atoms with Crippen LogP contribution in [0.5, 0.6) is 0 Å². The van der Waals surface area contributed by atoms with Crippen LogP contribution in [0.4, 0.5) is 5.82 Å². The van der Waals surface area contributed by atoms with Gasteiger partial charge in [-0.25, -0.2) is 4.68 Å². The summed E-state index contributed by atoms with van der Waals surface area (Å²) in [6, 6.07) is 14.9. The maximum absolute atomic E-state index is 12.8. The fourth-order valence-corrected chi connectivity index (χ4v) is 2.89. The molecule has 3 aromatic rings. The number of morpholine rings is 1. The lowest BCUT2D eigenvalue weighted by molar-refractivity contribution is 0.0945. The zero-order chi connectivity index (χ0) is 17.1. The largest absolute Gasteiger partial charge is 0.378 e. The summed E-state index contributed by atoms with van der Waals surface area (Å²) in [7, 11) is 0. The van der Waals surface area contributed by atoms with E-state index in [1.54, 1.807) is 24.5 Å². The zero-order valence-corrected chi connectivity index (χ0v) is 13.7. The number of pyridine rings is 1. The topological polar surface area (TPSA) is 60.2 Å². The van der Waals surface area contributed by atoms with Crippen molar-refractivity contribution < 1.29 is 9.53 Å². The van der Waals surface area contributed by atoms with E-state index < -0.39 is 0 Å². The van der Waals surface area contributed by atoms with E-state index in [0.717, 1.165) is 30.2 Å².